The molecule has 0 amide bonds. The number of ether oxygens (including phenoxy) is 1. The first-order valence-electron chi connectivity index (χ1n) is 7.07. The van der Waals surface area contributed by atoms with E-state index >= 15 is 0 Å². The zero-order valence-corrected chi connectivity index (χ0v) is 11.6. The second-order valence-corrected chi connectivity index (χ2v) is 5.41. The molecule has 4 nitrogen and oxygen atoms in total. The van der Waals surface area contributed by atoms with E-state index in [2.05, 4.69) is 35.9 Å². The van der Waals surface area contributed by atoms with Crippen molar-refractivity contribution < 1.29 is 4.74 Å². The third-order valence-corrected chi connectivity index (χ3v) is 4.00. The molecule has 1 aromatic heterocycles. The highest BCUT2D eigenvalue weighted by molar-refractivity contribution is 5.06. The first-order valence-corrected chi connectivity index (χ1v) is 7.07. The summed E-state index contributed by atoms with van der Waals surface area (Å²) in [4.78, 5) is 0. The summed E-state index contributed by atoms with van der Waals surface area (Å²) in [5.41, 5.74) is 7.41. The first-order chi connectivity index (χ1) is 8.67. The second-order valence-electron chi connectivity index (χ2n) is 5.41. The molecule has 102 valence electrons. The smallest absolute Gasteiger partial charge is 0.0643 e. The molecule has 1 aliphatic heterocycles. The minimum atomic E-state index is -0.120. The number of rotatable bonds is 5. The molecule has 0 radical (unpaired) electrons. The standard InChI is InChI=1S/C14H25N3O/c1-3-13(4-2)17-8-5-12(16-17)11-14(15)6-9-18-10-7-14/h5,8,13H,3-4,6-7,9-11,15H2,1-2H3. The Labute approximate surface area is 110 Å². The van der Waals surface area contributed by atoms with E-state index in [0.29, 0.717) is 6.04 Å². The van der Waals surface area contributed by atoms with E-state index in [1.807, 2.05) is 0 Å². The molecule has 2 N–H and O–H groups in total. The Bertz CT molecular complexity index is 365. The van der Waals surface area contributed by atoms with Crippen molar-refractivity contribution in [1.29, 1.82) is 0 Å². The summed E-state index contributed by atoms with van der Waals surface area (Å²) in [7, 11) is 0. The summed E-state index contributed by atoms with van der Waals surface area (Å²) in [6.45, 7) is 5.98. The van der Waals surface area contributed by atoms with E-state index < -0.39 is 0 Å². The number of nitrogens with zero attached hydrogens (tertiary/aromatic N) is 2. The Balaban J connectivity index is 2.01. The molecule has 1 aromatic rings. The van der Waals surface area contributed by atoms with E-state index in [1.54, 1.807) is 0 Å². The molecular weight excluding hydrogens is 226 g/mol. The monoisotopic (exact) mass is 251 g/mol. The number of hydrogen-bond acceptors (Lipinski definition) is 3. The molecule has 0 spiro atoms. The van der Waals surface area contributed by atoms with Crippen molar-refractivity contribution in [1.82, 2.24) is 9.78 Å². The highest BCUT2D eigenvalue weighted by Gasteiger charge is 2.29. The summed E-state index contributed by atoms with van der Waals surface area (Å²) in [6.07, 6.45) is 7.08. The summed E-state index contributed by atoms with van der Waals surface area (Å²) >= 11 is 0. The molecule has 0 aromatic carbocycles. The van der Waals surface area contributed by atoms with Crippen LogP contribution in [0.4, 0.5) is 0 Å². The fourth-order valence-corrected chi connectivity index (χ4v) is 2.65. The van der Waals surface area contributed by atoms with E-state index in [9.17, 15) is 0 Å². The molecule has 18 heavy (non-hydrogen) atoms. The van der Waals surface area contributed by atoms with Crippen LogP contribution in [0.2, 0.25) is 0 Å². The number of aromatic nitrogens is 2. The van der Waals surface area contributed by atoms with Gasteiger partial charge in [-0.05, 0) is 31.7 Å². The van der Waals surface area contributed by atoms with Crippen LogP contribution in [0.3, 0.4) is 0 Å². The van der Waals surface area contributed by atoms with Gasteiger partial charge < -0.3 is 10.5 Å². The molecule has 1 saturated heterocycles. The summed E-state index contributed by atoms with van der Waals surface area (Å²) in [5.74, 6) is 0. The average molecular weight is 251 g/mol. The molecule has 0 saturated carbocycles. The Morgan fingerprint density at radius 2 is 2.06 bits per heavy atom. The summed E-state index contributed by atoms with van der Waals surface area (Å²) in [6, 6.07) is 2.63. The largest absolute Gasteiger partial charge is 0.381 e. The zero-order chi connectivity index (χ0) is 13.0. The van der Waals surface area contributed by atoms with Crippen molar-refractivity contribution in [2.75, 3.05) is 13.2 Å². The third kappa shape index (κ3) is 3.12. The lowest BCUT2D eigenvalue weighted by molar-refractivity contribution is 0.0530. The van der Waals surface area contributed by atoms with Gasteiger partial charge >= 0.3 is 0 Å². The SMILES string of the molecule is CCC(CC)n1ccc(CC2(N)CCOCC2)n1. The van der Waals surface area contributed by atoms with Crippen molar-refractivity contribution in [2.45, 2.75) is 57.5 Å². The molecule has 0 unspecified atom stereocenters. The maximum absolute atomic E-state index is 6.41. The van der Waals surface area contributed by atoms with E-state index in [4.69, 9.17) is 10.5 Å². The predicted molar refractivity (Wildman–Crippen MR) is 72.5 cm³/mol. The molecule has 0 aliphatic carbocycles. The van der Waals surface area contributed by atoms with Crippen molar-refractivity contribution in [3.8, 4) is 0 Å². The Morgan fingerprint density at radius 1 is 1.39 bits per heavy atom. The van der Waals surface area contributed by atoms with Crippen LogP contribution < -0.4 is 5.73 Å². The van der Waals surface area contributed by atoms with Crippen LogP contribution in [0.1, 0.15) is 51.3 Å². The molecule has 1 fully saturated rings. The Morgan fingerprint density at radius 3 is 2.67 bits per heavy atom. The van der Waals surface area contributed by atoms with Crippen LogP contribution in [-0.2, 0) is 11.2 Å². The normalized spacial score (nSPS) is 19.3. The summed E-state index contributed by atoms with van der Waals surface area (Å²) in [5, 5.41) is 4.69. The molecule has 2 heterocycles. The van der Waals surface area contributed by atoms with Gasteiger partial charge in [-0.1, -0.05) is 13.8 Å². The van der Waals surface area contributed by atoms with Gasteiger partial charge in [0.1, 0.15) is 0 Å². The van der Waals surface area contributed by atoms with Crippen LogP contribution in [0.15, 0.2) is 12.3 Å². The van der Waals surface area contributed by atoms with E-state index in [1.165, 1.54) is 0 Å². The minimum absolute atomic E-state index is 0.120. The number of nitrogens with two attached hydrogens (primary N) is 1. The van der Waals surface area contributed by atoms with Crippen molar-refractivity contribution in [2.24, 2.45) is 5.73 Å². The van der Waals surface area contributed by atoms with Crippen LogP contribution in [0, 0.1) is 0 Å². The van der Waals surface area contributed by atoms with Crippen molar-refractivity contribution >= 4 is 0 Å². The fraction of sp³-hybridized carbons (Fsp3) is 0.786. The topological polar surface area (TPSA) is 53.1 Å². The van der Waals surface area contributed by atoms with Gasteiger partial charge in [-0.3, -0.25) is 4.68 Å². The van der Waals surface area contributed by atoms with Crippen molar-refractivity contribution in [3.63, 3.8) is 0 Å². The molecule has 0 bridgehead atoms. The van der Waals surface area contributed by atoms with Crippen LogP contribution in [0.25, 0.3) is 0 Å². The van der Waals surface area contributed by atoms with E-state index in [-0.39, 0.29) is 5.54 Å². The molecule has 0 atom stereocenters. The number of hydrogen-bond donors (Lipinski definition) is 1. The maximum Gasteiger partial charge on any atom is 0.0643 e. The van der Waals surface area contributed by atoms with Gasteiger partial charge in [0.15, 0.2) is 0 Å². The average Bonchev–Trinajstić information content (AvgIpc) is 2.79. The highest BCUT2D eigenvalue weighted by atomic mass is 16.5. The molecule has 1 aliphatic rings. The van der Waals surface area contributed by atoms with Crippen LogP contribution in [-0.4, -0.2) is 28.5 Å². The zero-order valence-electron chi connectivity index (χ0n) is 11.6. The third-order valence-electron chi connectivity index (χ3n) is 4.00. The van der Waals surface area contributed by atoms with Gasteiger partial charge in [0, 0.05) is 31.4 Å². The Kier molecular flexibility index (Phi) is 4.40. The van der Waals surface area contributed by atoms with Gasteiger partial charge in [-0.15, -0.1) is 0 Å². The minimum Gasteiger partial charge on any atom is -0.381 e. The van der Waals surface area contributed by atoms with Crippen LogP contribution >= 0.6 is 0 Å². The van der Waals surface area contributed by atoms with Gasteiger partial charge in [-0.25, -0.2) is 0 Å². The van der Waals surface area contributed by atoms with Crippen LogP contribution in [0.5, 0.6) is 0 Å². The predicted octanol–water partition coefficient (Wildman–Crippen LogP) is 2.29. The lowest BCUT2D eigenvalue weighted by atomic mass is 9.87. The fourth-order valence-electron chi connectivity index (χ4n) is 2.65. The second kappa shape index (κ2) is 5.85. The van der Waals surface area contributed by atoms with E-state index in [0.717, 1.165) is 51.0 Å². The first kappa shape index (κ1) is 13.6. The van der Waals surface area contributed by atoms with Gasteiger partial charge in [0.2, 0.25) is 0 Å². The quantitative estimate of drug-likeness (QED) is 0.873. The Hall–Kier alpha value is -0.870. The highest BCUT2D eigenvalue weighted by Crippen LogP contribution is 2.23. The van der Waals surface area contributed by atoms with Crippen molar-refractivity contribution in [3.05, 3.63) is 18.0 Å². The van der Waals surface area contributed by atoms with Gasteiger partial charge in [-0.2, -0.15) is 5.10 Å². The van der Waals surface area contributed by atoms with Gasteiger partial charge in [0.25, 0.3) is 0 Å². The lowest BCUT2D eigenvalue weighted by Crippen LogP contribution is -2.47. The molecular formula is C14H25N3O. The maximum atomic E-state index is 6.41. The molecule has 4 heteroatoms. The van der Waals surface area contributed by atoms with Gasteiger partial charge in [0.05, 0.1) is 11.7 Å². The molecule has 2 rings (SSSR count). The lowest BCUT2D eigenvalue weighted by Gasteiger charge is -2.32. The summed E-state index contributed by atoms with van der Waals surface area (Å²) < 4.78 is 7.47.